The van der Waals surface area contributed by atoms with E-state index >= 15 is 0 Å². The predicted octanol–water partition coefficient (Wildman–Crippen LogP) is 3.95. The van der Waals surface area contributed by atoms with E-state index in [1.165, 1.54) is 5.56 Å². The highest BCUT2D eigenvalue weighted by Crippen LogP contribution is 2.24. The minimum Gasteiger partial charge on any atom is -0.462 e. The van der Waals surface area contributed by atoms with E-state index in [1.807, 2.05) is 19.9 Å². The molecular weight excluding hydrogens is 352 g/mol. The zero-order valence-electron chi connectivity index (χ0n) is 17.1. The summed E-state index contributed by atoms with van der Waals surface area (Å²) < 4.78 is 5.15. The average molecular weight is 383 g/mol. The summed E-state index contributed by atoms with van der Waals surface area (Å²) in [5.41, 5.74) is 3.70. The van der Waals surface area contributed by atoms with Gasteiger partial charge in [0.25, 0.3) is 0 Å². The Labute approximate surface area is 167 Å². The molecule has 2 aromatic rings. The number of aromatic amines is 1. The molecule has 5 nitrogen and oxygen atoms in total. The molecule has 1 aromatic carbocycles. The molecule has 2 heterocycles. The van der Waals surface area contributed by atoms with Gasteiger partial charge in [-0.15, -0.1) is 0 Å². The van der Waals surface area contributed by atoms with Crippen LogP contribution in [0, 0.1) is 19.8 Å². The Morgan fingerprint density at radius 3 is 2.36 bits per heavy atom. The van der Waals surface area contributed by atoms with Gasteiger partial charge in [0.05, 0.1) is 24.3 Å². The second-order valence-electron chi connectivity index (χ2n) is 7.68. The normalized spacial score (nSPS) is 15.5. The van der Waals surface area contributed by atoms with Crippen molar-refractivity contribution in [1.29, 1.82) is 0 Å². The number of carbonyl (C=O) groups is 2. The molecule has 3 rings (SSSR count). The topological polar surface area (TPSA) is 62.4 Å². The third kappa shape index (κ3) is 4.71. The average Bonchev–Trinajstić information content (AvgIpc) is 2.98. The summed E-state index contributed by atoms with van der Waals surface area (Å²) in [7, 11) is 0. The van der Waals surface area contributed by atoms with Crippen LogP contribution in [0.15, 0.2) is 30.3 Å². The third-order valence-corrected chi connectivity index (χ3v) is 5.57. The first-order valence-corrected chi connectivity index (χ1v) is 10.1. The number of ether oxygens (including phenoxy) is 1. The molecule has 0 aliphatic carbocycles. The summed E-state index contributed by atoms with van der Waals surface area (Å²) in [6.07, 6.45) is 3.29. The predicted molar refractivity (Wildman–Crippen MR) is 110 cm³/mol. The van der Waals surface area contributed by atoms with E-state index in [2.05, 4.69) is 34.1 Å². The van der Waals surface area contributed by atoms with Crippen molar-refractivity contribution in [3.05, 3.63) is 58.4 Å². The number of esters is 1. The van der Waals surface area contributed by atoms with Gasteiger partial charge in [-0.2, -0.15) is 0 Å². The van der Waals surface area contributed by atoms with Crippen LogP contribution >= 0.6 is 0 Å². The van der Waals surface area contributed by atoms with Gasteiger partial charge in [-0.25, -0.2) is 4.79 Å². The molecule has 1 N–H and O–H groups in total. The van der Waals surface area contributed by atoms with E-state index in [-0.39, 0.29) is 5.78 Å². The minimum atomic E-state index is -0.422. The zero-order valence-corrected chi connectivity index (χ0v) is 17.1. The maximum absolute atomic E-state index is 13.0. The van der Waals surface area contributed by atoms with Crippen LogP contribution in [0.2, 0.25) is 0 Å². The molecule has 0 amide bonds. The number of aromatic nitrogens is 1. The highest BCUT2D eigenvalue weighted by molar-refractivity contribution is 6.09. The van der Waals surface area contributed by atoms with E-state index in [9.17, 15) is 9.59 Å². The van der Waals surface area contributed by atoms with E-state index in [0.29, 0.717) is 35.9 Å². The van der Waals surface area contributed by atoms with Crippen LogP contribution in [-0.2, 0) is 11.2 Å². The Hall–Kier alpha value is -2.40. The second kappa shape index (κ2) is 9.20. The summed E-state index contributed by atoms with van der Waals surface area (Å²) in [5.74, 6) is 0.237. The standard InChI is InChI=1S/C23H30N2O3/c1-4-28-23(27)22-17(3)24-16(2)21(22)20(26)15-25-12-10-19(11-13-25)14-18-8-6-5-7-9-18/h5-9,19,24H,4,10-15H2,1-3H3. The van der Waals surface area contributed by atoms with Crippen molar-refractivity contribution >= 4 is 11.8 Å². The van der Waals surface area contributed by atoms with Crippen LogP contribution in [0.3, 0.4) is 0 Å². The molecule has 150 valence electrons. The summed E-state index contributed by atoms with van der Waals surface area (Å²) in [6, 6.07) is 10.6. The van der Waals surface area contributed by atoms with Crippen LogP contribution in [0.1, 0.15) is 57.4 Å². The zero-order chi connectivity index (χ0) is 20.1. The number of rotatable bonds is 7. The minimum absolute atomic E-state index is 0.00795. The lowest BCUT2D eigenvalue weighted by atomic mass is 9.90. The highest BCUT2D eigenvalue weighted by atomic mass is 16.5. The number of Topliss-reactive ketones (excluding diaryl/α,β-unsaturated/α-hetero) is 1. The SMILES string of the molecule is CCOC(=O)c1c(C)[nH]c(C)c1C(=O)CN1CCC(Cc2ccccc2)CC1. The Kier molecular flexibility index (Phi) is 6.68. The number of hydrogen-bond acceptors (Lipinski definition) is 4. The Morgan fingerprint density at radius 1 is 1.07 bits per heavy atom. The fourth-order valence-electron chi connectivity index (χ4n) is 4.17. The Bertz CT molecular complexity index is 818. The molecule has 0 radical (unpaired) electrons. The molecule has 0 spiro atoms. The monoisotopic (exact) mass is 382 g/mol. The summed E-state index contributed by atoms with van der Waals surface area (Å²) in [4.78, 5) is 30.6. The molecular formula is C23H30N2O3. The number of benzene rings is 1. The van der Waals surface area contributed by atoms with E-state index in [0.717, 1.165) is 38.0 Å². The quantitative estimate of drug-likeness (QED) is 0.582. The number of hydrogen-bond donors (Lipinski definition) is 1. The van der Waals surface area contributed by atoms with Gasteiger partial charge in [0.2, 0.25) is 0 Å². The van der Waals surface area contributed by atoms with Crippen LogP contribution in [0.4, 0.5) is 0 Å². The maximum atomic E-state index is 13.0. The smallest absolute Gasteiger partial charge is 0.340 e. The number of aryl methyl sites for hydroxylation is 2. The number of ketones is 1. The van der Waals surface area contributed by atoms with Crippen LogP contribution in [0.25, 0.3) is 0 Å². The van der Waals surface area contributed by atoms with Crippen molar-refractivity contribution in [1.82, 2.24) is 9.88 Å². The van der Waals surface area contributed by atoms with E-state index in [4.69, 9.17) is 4.74 Å². The molecule has 0 atom stereocenters. The van der Waals surface area contributed by atoms with Gasteiger partial charge in [-0.3, -0.25) is 9.69 Å². The van der Waals surface area contributed by atoms with Gasteiger partial charge in [0.15, 0.2) is 5.78 Å². The molecule has 28 heavy (non-hydrogen) atoms. The van der Waals surface area contributed by atoms with Gasteiger partial charge in [0, 0.05) is 11.4 Å². The maximum Gasteiger partial charge on any atom is 0.340 e. The fourth-order valence-corrected chi connectivity index (χ4v) is 4.17. The van der Waals surface area contributed by atoms with Crippen molar-refractivity contribution in [2.24, 2.45) is 5.92 Å². The Morgan fingerprint density at radius 2 is 1.71 bits per heavy atom. The largest absolute Gasteiger partial charge is 0.462 e. The Balaban J connectivity index is 1.60. The molecule has 0 bridgehead atoms. The molecule has 1 fully saturated rings. The molecule has 0 unspecified atom stereocenters. The van der Waals surface area contributed by atoms with Crippen molar-refractivity contribution in [3.63, 3.8) is 0 Å². The van der Waals surface area contributed by atoms with Crippen LogP contribution in [0.5, 0.6) is 0 Å². The van der Waals surface area contributed by atoms with Crippen molar-refractivity contribution < 1.29 is 14.3 Å². The van der Waals surface area contributed by atoms with Crippen molar-refractivity contribution in [3.8, 4) is 0 Å². The third-order valence-electron chi connectivity index (χ3n) is 5.57. The van der Waals surface area contributed by atoms with E-state index < -0.39 is 5.97 Å². The van der Waals surface area contributed by atoms with E-state index in [1.54, 1.807) is 6.92 Å². The second-order valence-corrected chi connectivity index (χ2v) is 7.68. The molecule has 1 saturated heterocycles. The summed E-state index contributed by atoms with van der Waals surface area (Å²) in [6.45, 7) is 7.91. The fraction of sp³-hybridized carbons (Fsp3) is 0.478. The number of likely N-dealkylation sites (tertiary alicyclic amines) is 1. The first kappa shape index (κ1) is 20.3. The van der Waals surface area contributed by atoms with Gasteiger partial charge in [-0.05, 0) is 64.6 Å². The first-order chi connectivity index (χ1) is 13.5. The lowest BCUT2D eigenvalue weighted by Crippen LogP contribution is -2.38. The summed E-state index contributed by atoms with van der Waals surface area (Å²) in [5, 5.41) is 0. The van der Waals surface area contributed by atoms with Crippen LogP contribution < -0.4 is 0 Å². The van der Waals surface area contributed by atoms with Gasteiger partial charge >= 0.3 is 5.97 Å². The molecule has 1 aliphatic rings. The number of nitrogens with zero attached hydrogens (tertiary/aromatic N) is 1. The molecule has 0 saturated carbocycles. The molecule has 1 aromatic heterocycles. The van der Waals surface area contributed by atoms with Gasteiger partial charge in [0.1, 0.15) is 0 Å². The number of carbonyl (C=O) groups excluding carboxylic acids is 2. The van der Waals surface area contributed by atoms with Gasteiger partial charge < -0.3 is 9.72 Å². The summed E-state index contributed by atoms with van der Waals surface area (Å²) >= 11 is 0. The van der Waals surface area contributed by atoms with Crippen LogP contribution in [-0.4, -0.2) is 47.9 Å². The lowest BCUT2D eigenvalue weighted by molar-refractivity contribution is 0.0521. The molecule has 1 aliphatic heterocycles. The lowest BCUT2D eigenvalue weighted by Gasteiger charge is -2.31. The van der Waals surface area contributed by atoms with Crippen molar-refractivity contribution in [2.75, 3.05) is 26.2 Å². The molecule has 5 heteroatoms. The number of nitrogens with one attached hydrogen (secondary N) is 1. The first-order valence-electron chi connectivity index (χ1n) is 10.1. The van der Waals surface area contributed by atoms with Crippen molar-refractivity contribution in [2.45, 2.75) is 40.0 Å². The number of piperidine rings is 1. The van der Waals surface area contributed by atoms with Gasteiger partial charge in [-0.1, -0.05) is 30.3 Å². The number of H-pyrrole nitrogens is 1. The highest BCUT2D eigenvalue weighted by Gasteiger charge is 2.28.